The average Bonchev–Trinajstić information content (AvgIpc) is 2.60. The van der Waals surface area contributed by atoms with Crippen molar-refractivity contribution >= 4 is 23.3 Å². The van der Waals surface area contributed by atoms with Crippen LogP contribution in [-0.2, 0) is 4.79 Å². The largest absolute Gasteiger partial charge is 0.505 e. The number of carbonyl (C=O) groups is 1. The Morgan fingerprint density at radius 3 is 2.72 bits per heavy atom. The molecule has 2 atom stereocenters. The van der Waals surface area contributed by atoms with Gasteiger partial charge in [-0.3, -0.25) is 0 Å². The summed E-state index contributed by atoms with van der Waals surface area (Å²) in [7, 11) is 0. The number of hydrogen-bond acceptors (Lipinski definition) is 3. The molecule has 1 aliphatic heterocycles. The van der Waals surface area contributed by atoms with Crippen LogP contribution in [0, 0.1) is 5.92 Å². The lowest BCUT2D eigenvalue weighted by atomic mass is 9.62. The third-order valence-corrected chi connectivity index (χ3v) is 5.95. The predicted octanol–water partition coefficient (Wildman–Crippen LogP) is 4.44. The molecular weight excluding hydrogens is 338 g/mol. The van der Waals surface area contributed by atoms with Crippen LogP contribution in [0.1, 0.15) is 37.7 Å². The van der Waals surface area contributed by atoms with Gasteiger partial charge in [0.05, 0.1) is 11.2 Å². The summed E-state index contributed by atoms with van der Waals surface area (Å²) >= 11 is 5.97. The topological polar surface area (TPSA) is 69.6 Å². The van der Waals surface area contributed by atoms with Crippen LogP contribution in [0.4, 0.5) is 0 Å². The Hall–Kier alpha value is -2.20. The molecule has 1 aromatic carbocycles. The molecule has 1 heterocycles. The zero-order valence-electron chi connectivity index (χ0n) is 13.8. The normalized spacial score (nSPS) is 28.3. The molecule has 4 nitrogen and oxygen atoms in total. The van der Waals surface area contributed by atoms with Gasteiger partial charge in [0, 0.05) is 10.6 Å². The van der Waals surface area contributed by atoms with Crippen LogP contribution in [0.3, 0.4) is 0 Å². The van der Waals surface area contributed by atoms with Crippen LogP contribution < -0.4 is 5.32 Å². The third kappa shape index (κ3) is 2.47. The van der Waals surface area contributed by atoms with Crippen LogP contribution in [0.2, 0.25) is 5.02 Å². The Balaban J connectivity index is 1.93. The highest BCUT2D eigenvalue weighted by Crippen LogP contribution is 2.49. The number of dihydropyridines is 1. The molecule has 2 unspecified atom stereocenters. The molecule has 1 fully saturated rings. The highest BCUT2D eigenvalue weighted by molar-refractivity contribution is 6.30. The fourth-order valence-corrected chi connectivity index (χ4v) is 4.66. The van der Waals surface area contributed by atoms with Gasteiger partial charge in [-0.2, -0.15) is 0 Å². The van der Waals surface area contributed by atoms with Gasteiger partial charge in [0.2, 0.25) is 0 Å². The molecule has 1 aromatic rings. The summed E-state index contributed by atoms with van der Waals surface area (Å²) in [6.45, 7) is 0. The average molecular weight is 358 g/mol. The zero-order valence-corrected chi connectivity index (χ0v) is 14.5. The number of aliphatic carboxylic acids is 1. The van der Waals surface area contributed by atoms with E-state index in [9.17, 15) is 15.0 Å². The molecule has 0 saturated heterocycles. The van der Waals surface area contributed by atoms with Crippen molar-refractivity contribution in [2.45, 2.75) is 37.6 Å². The Morgan fingerprint density at radius 2 is 2.00 bits per heavy atom. The Bertz CT molecular complexity index is 822. The maximum absolute atomic E-state index is 12.0. The molecule has 1 saturated carbocycles. The van der Waals surface area contributed by atoms with Gasteiger partial charge >= 0.3 is 5.97 Å². The summed E-state index contributed by atoms with van der Waals surface area (Å²) in [5, 5.41) is 24.7. The first-order chi connectivity index (χ1) is 12.0. The molecule has 0 radical (unpaired) electrons. The maximum Gasteiger partial charge on any atom is 0.339 e. The summed E-state index contributed by atoms with van der Waals surface area (Å²) in [5.74, 6) is -0.951. The van der Waals surface area contributed by atoms with E-state index in [1.807, 2.05) is 12.2 Å². The van der Waals surface area contributed by atoms with Crippen molar-refractivity contribution in [2.24, 2.45) is 5.92 Å². The van der Waals surface area contributed by atoms with Gasteiger partial charge in [0.15, 0.2) is 5.76 Å². The van der Waals surface area contributed by atoms with Crippen molar-refractivity contribution in [3.63, 3.8) is 0 Å². The van der Waals surface area contributed by atoms with Crippen molar-refractivity contribution in [1.82, 2.24) is 5.32 Å². The van der Waals surface area contributed by atoms with E-state index in [-0.39, 0.29) is 11.3 Å². The summed E-state index contributed by atoms with van der Waals surface area (Å²) in [6.07, 6.45) is 8.98. The minimum Gasteiger partial charge on any atom is -0.505 e. The van der Waals surface area contributed by atoms with Crippen molar-refractivity contribution in [3.05, 3.63) is 63.9 Å². The van der Waals surface area contributed by atoms with Crippen LogP contribution in [-0.4, -0.2) is 21.7 Å². The Kier molecular flexibility index (Phi) is 3.88. The van der Waals surface area contributed by atoms with Crippen molar-refractivity contribution in [3.8, 4) is 0 Å². The third-order valence-electron chi connectivity index (χ3n) is 5.69. The second kappa shape index (κ2) is 5.95. The quantitative estimate of drug-likeness (QED) is 0.731. The first-order valence-electron chi connectivity index (χ1n) is 8.65. The molecule has 3 N–H and O–H groups in total. The number of carboxylic acids is 1. The van der Waals surface area contributed by atoms with Gasteiger partial charge in [-0.25, -0.2) is 4.79 Å². The maximum atomic E-state index is 12.0. The second-order valence-electron chi connectivity index (χ2n) is 7.00. The first-order valence-corrected chi connectivity index (χ1v) is 9.03. The van der Waals surface area contributed by atoms with Crippen LogP contribution in [0.25, 0.3) is 5.70 Å². The fraction of sp³-hybridized carbons (Fsp3) is 0.350. The molecule has 0 amide bonds. The minimum atomic E-state index is -1.09. The van der Waals surface area contributed by atoms with E-state index in [4.69, 9.17) is 11.6 Å². The monoisotopic (exact) mass is 357 g/mol. The molecule has 0 aromatic heterocycles. The molecular formula is C20H20ClNO3. The number of allylic oxidation sites excluding steroid dienone is 1. The number of hydrogen-bond donors (Lipinski definition) is 3. The number of halogens is 1. The summed E-state index contributed by atoms with van der Waals surface area (Å²) < 4.78 is 0. The SMILES string of the molecule is O=C(O)C1=C2C=CCC3CCCCC23NC(c2ccc(Cl)cc2)=C1O. The first kappa shape index (κ1) is 16.3. The zero-order chi connectivity index (χ0) is 17.6. The molecule has 4 rings (SSSR count). The lowest BCUT2D eigenvalue weighted by Gasteiger charge is -2.51. The van der Waals surface area contributed by atoms with Gasteiger partial charge in [-0.1, -0.05) is 48.7 Å². The molecule has 1 spiro atoms. The Labute approximate surface area is 151 Å². The summed E-state index contributed by atoms with van der Waals surface area (Å²) in [4.78, 5) is 12.0. The van der Waals surface area contributed by atoms with E-state index in [1.165, 1.54) is 0 Å². The van der Waals surface area contributed by atoms with E-state index in [2.05, 4.69) is 5.32 Å². The fourth-order valence-electron chi connectivity index (χ4n) is 4.53. The number of benzene rings is 1. The van der Waals surface area contributed by atoms with E-state index in [0.29, 0.717) is 22.2 Å². The molecule has 2 aliphatic carbocycles. The number of rotatable bonds is 2. The standard InChI is InChI=1S/C20H20ClNO3/c21-14-9-7-12(8-10-14)17-18(23)16(19(24)25)15-6-3-5-13-4-1-2-11-20(13,15)22-17/h3,6-10,13,22-23H,1-2,4-5,11H2,(H,24,25). The summed E-state index contributed by atoms with van der Waals surface area (Å²) in [6, 6.07) is 7.10. The smallest absolute Gasteiger partial charge is 0.339 e. The van der Waals surface area contributed by atoms with Crippen LogP contribution >= 0.6 is 11.6 Å². The predicted molar refractivity (Wildman–Crippen MR) is 97.2 cm³/mol. The molecule has 3 aliphatic rings. The van der Waals surface area contributed by atoms with Gasteiger partial charge < -0.3 is 15.5 Å². The molecule has 25 heavy (non-hydrogen) atoms. The number of aliphatic hydroxyl groups excluding tert-OH is 1. The van der Waals surface area contributed by atoms with Gasteiger partial charge in [-0.15, -0.1) is 0 Å². The lowest BCUT2D eigenvalue weighted by Crippen LogP contribution is -2.57. The van der Waals surface area contributed by atoms with Crippen molar-refractivity contribution < 1.29 is 15.0 Å². The van der Waals surface area contributed by atoms with Gasteiger partial charge in [0.1, 0.15) is 5.57 Å². The van der Waals surface area contributed by atoms with Gasteiger partial charge in [0.25, 0.3) is 0 Å². The minimum absolute atomic E-state index is 0.0200. The van der Waals surface area contributed by atoms with E-state index >= 15 is 0 Å². The number of nitrogens with one attached hydrogen (secondary N) is 1. The second-order valence-corrected chi connectivity index (χ2v) is 7.44. The number of carboxylic acid groups (broad SMARTS) is 1. The summed E-state index contributed by atoms with van der Waals surface area (Å²) in [5.41, 5.74) is 1.55. The van der Waals surface area contributed by atoms with E-state index in [0.717, 1.165) is 37.7 Å². The van der Waals surface area contributed by atoms with Crippen LogP contribution in [0.15, 0.2) is 53.3 Å². The highest BCUT2D eigenvalue weighted by Gasteiger charge is 2.49. The molecule has 130 valence electrons. The molecule has 5 heteroatoms. The van der Waals surface area contributed by atoms with Crippen molar-refractivity contribution in [1.29, 1.82) is 0 Å². The molecule has 0 bridgehead atoms. The highest BCUT2D eigenvalue weighted by atomic mass is 35.5. The van der Waals surface area contributed by atoms with Gasteiger partial charge in [-0.05, 0) is 42.9 Å². The number of aliphatic hydroxyl groups is 1. The van der Waals surface area contributed by atoms with Crippen LogP contribution in [0.5, 0.6) is 0 Å². The lowest BCUT2D eigenvalue weighted by molar-refractivity contribution is -0.132. The van der Waals surface area contributed by atoms with E-state index in [1.54, 1.807) is 24.3 Å². The Morgan fingerprint density at radius 1 is 1.24 bits per heavy atom. The van der Waals surface area contributed by atoms with Crippen molar-refractivity contribution in [2.75, 3.05) is 0 Å². The van der Waals surface area contributed by atoms with E-state index < -0.39 is 11.5 Å².